The number of nitrogens with one attached hydrogen (secondary N) is 1. The summed E-state index contributed by atoms with van der Waals surface area (Å²) in [7, 11) is 0. The number of benzene rings is 2. The third kappa shape index (κ3) is 4.33. The predicted molar refractivity (Wildman–Crippen MR) is 91.8 cm³/mol. The van der Waals surface area contributed by atoms with Crippen LogP contribution in [0, 0.1) is 6.92 Å². The largest absolute Gasteiger partial charge is 0.303 e. The first-order chi connectivity index (χ1) is 10.1. The lowest BCUT2D eigenvalue weighted by Crippen LogP contribution is -2.25. The van der Waals surface area contributed by atoms with Gasteiger partial charge in [-0.25, -0.2) is 0 Å². The fourth-order valence-electron chi connectivity index (χ4n) is 2.79. The molecule has 2 rings (SSSR count). The summed E-state index contributed by atoms with van der Waals surface area (Å²) >= 11 is 6.00. The van der Waals surface area contributed by atoms with E-state index in [1.807, 2.05) is 12.1 Å². The fraction of sp³-hybridized carbons (Fsp3) is 0.368. The minimum absolute atomic E-state index is 0.332. The van der Waals surface area contributed by atoms with E-state index < -0.39 is 0 Å². The van der Waals surface area contributed by atoms with Crippen molar-refractivity contribution in [2.75, 3.05) is 0 Å². The first-order valence-corrected chi connectivity index (χ1v) is 8.06. The lowest BCUT2D eigenvalue weighted by Gasteiger charge is -2.25. The van der Waals surface area contributed by atoms with Crippen molar-refractivity contribution in [1.82, 2.24) is 5.32 Å². The topological polar surface area (TPSA) is 12.0 Å². The Morgan fingerprint density at radius 2 is 1.71 bits per heavy atom. The summed E-state index contributed by atoms with van der Waals surface area (Å²) in [5, 5.41) is 4.56. The maximum absolute atomic E-state index is 6.00. The number of hydrogen-bond donors (Lipinski definition) is 1. The molecule has 1 unspecified atom stereocenters. The van der Waals surface area contributed by atoms with E-state index in [0.29, 0.717) is 12.1 Å². The Kier molecular flexibility index (Phi) is 5.84. The van der Waals surface area contributed by atoms with E-state index >= 15 is 0 Å². The molecule has 0 fully saturated rings. The molecule has 0 saturated carbocycles. The Bertz CT molecular complexity index is 562. The van der Waals surface area contributed by atoms with Crippen molar-refractivity contribution in [3.05, 3.63) is 70.2 Å². The highest BCUT2D eigenvalue weighted by Gasteiger charge is 2.15. The Morgan fingerprint density at radius 3 is 2.33 bits per heavy atom. The Morgan fingerprint density at radius 1 is 1.05 bits per heavy atom. The molecule has 2 heteroatoms. The molecule has 0 aliphatic rings. The molecule has 0 spiro atoms. The zero-order valence-electron chi connectivity index (χ0n) is 13.1. The molecule has 2 atom stereocenters. The molecule has 21 heavy (non-hydrogen) atoms. The Hall–Kier alpha value is -1.31. The van der Waals surface area contributed by atoms with Gasteiger partial charge in [0.05, 0.1) is 0 Å². The van der Waals surface area contributed by atoms with E-state index in [2.05, 4.69) is 62.5 Å². The van der Waals surface area contributed by atoms with Crippen molar-refractivity contribution < 1.29 is 0 Å². The standard InChI is InChI=1S/C19H24ClN/c1-4-7-19(16-10-12-17(20)13-11-16)21-15(3)18-9-6-5-8-14(18)2/h5-6,8-13,15,19,21H,4,7H2,1-3H3/t15-,19?/m0/s1. The van der Waals surface area contributed by atoms with Gasteiger partial charge in [0.2, 0.25) is 0 Å². The van der Waals surface area contributed by atoms with Crippen molar-refractivity contribution in [1.29, 1.82) is 0 Å². The summed E-state index contributed by atoms with van der Waals surface area (Å²) in [6.07, 6.45) is 2.28. The van der Waals surface area contributed by atoms with E-state index in [9.17, 15) is 0 Å². The summed E-state index contributed by atoms with van der Waals surface area (Å²) in [6.45, 7) is 6.63. The summed E-state index contributed by atoms with van der Waals surface area (Å²) in [6, 6.07) is 17.5. The Labute approximate surface area is 133 Å². The molecule has 1 N–H and O–H groups in total. The molecule has 0 radical (unpaired) electrons. The highest BCUT2D eigenvalue weighted by Crippen LogP contribution is 2.25. The molecule has 2 aromatic carbocycles. The maximum atomic E-state index is 6.00. The van der Waals surface area contributed by atoms with Crippen LogP contribution in [0.25, 0.3) is 0 Å². The van der Waals surface area contributed by atoms with E-state index in [1.165, 1.54) is 16.7 Å². The fourth-order valence-corrected chi connectivity index (χ4v) is 2.92. The van der Waals surface area contributed by atoms with Crippen LogP contribution in [0.3, 0.4) is 0 Å². The smallest absolute Gasteiger partial charge is 0.0406 e. The third-order valence-corrected chi connectivity index (χ3v) is 4.21. The molecule has 0 heterocycles. The predicted octanol–water partition coefficient (Wildman–Crippen LogP) is 5.84. The van der Waals surface area contributed by atoms with Gasteiger partial charge in [0.25, 0.3) is 0 Å². The third-order valence-electron chi connectivity index (χ3n) is 3.96. The van der Waals surface area contributed by atoms with Crippen molar-refractivity contribution in [2.45, 2.75) is 45.7 Å². The van der Waals surface area contributed by atoms with Crippen molar-refractivity contribution in [3.8, 4) is 0 Å². The average Bonchev–Trinajstić information content (AvgIpc) is 2.48. The van der Waals surface area contributed by atoms with Gasteiger partial charge in [0.15, 0.2) is 0 Å². The van der Waals surface area contributed by atoms with Gasteiger partial charge in [-0.3, -0.25) is 0 Å². The van der Waals surface area contributed by atoms with Gasteiger partial charge in [-0.15, -0.1) is 0 Å². The highest BCUT2D eigenvalue weighted by molar-refractivity contribution is 6.30. The van der Waals surface area contributed by atoms with E-state index in [1.54, 1.807) is 0 Å². The summed E-state index contributed by atoms with van der Waals surface area (Å²) in [5.74, 6) is 0. The summed E-state index contributed by atoms with van der Waals surface area (Å²) < 4.78 is 0. The lowest BCUT2D eigenvalue weighted by atomic mass is 9.98. The Balaban J connectivity index is 2.16. The van der Waals surface area contributed by atoms with Crippen LogP contribution >= 0.6 is 11.6 Å². The molecule has 0 aliphatic heterocycles. The molecule has 1 nitrogen and oxygen atoms in total. The van der Waals surface area contributed by atoms with Crippen LogP contribution in [0.4, 0.5) is 0 Å². The molecule has 0 aliphatic carbocycles. The van der Waals surface area contributed by atoms with Crippen molar-refractivity contribution >= 4 is 11.6 Å². The highest BCUT2D eigenvalue weighted by atomic mass is 35.5. The van der Waals surface area contributed by atoms with E-state index in [0.717, 1.165) is 17.9 Å². The summed E-state index contributed by atoms with van der Waals surface area (Å²) in [5.41, 5.74) is 4.01. The molecule has 0 aromatic heterocycles. The second-order valence-electron chi connectivity index (χ2n) is 5.64. The van der Waals surface area contributed by atoms with Gasteiger partial charge in [0, 0.05) is 17.1 Å². The normalized spacial score (nSPS) is 13.9. The van der Waals surface area contributed by atoms with Crippen LogP contribution < -0.4 is 5.32 Å². The van der Waals surface area contributed by atoms with Gasteiger partial charge in [-0.2, -0.15) is 0 Å². The SMILES string of the molecule is CCCC(N[C@@H](C)c1ccccc1C)c1ccc(Cl)cc1. The molecule has 0 amide bonds. The molecular formula is C19H24ClN. The van der Waals surface area contributed by atoms with Crippen LogP contribution in [-0.4, -0.2) is 0 Å². The second kappa shape index (κ2) is 7.63. The minimum atomic E-state index is 0.332. The van der Waals surface area contributed by atoms with E-state index in [4.69, 9.17) is 11.6 Å². The van der Waals surface area contributed by atoms with E-state index in [-0.39, 0.29) is 0 Å². The monoisotopic (exact) mass is 301 g/mol. The molecule has 2 aromatic rings. The molecule has 0 bridgehead atoms. The van der Waals surface area contributed by atoms with Crippen LogP contribution in [-0.2, 0) is 0 Å². The van der Waals surface area contributed by atoms with Gasteiger partial charge in [-0.05, 0) is 49.1 Å². The molecule has 112 valence electrons. The van der Waals surface area contributed by atoms with Gasteiger partial charge in [-0.1, -0.05) is 61.3 Å². The van der Waals surface area contributed by atoms with Gasteiger partial charge < -0.3 is 5.32 Å². The van der Waals surface area contributed by atoms with Crippen molar-refractivity contribution in [3.63, 3.8) is 0 Å². The number of aryl methyl sites for hydroxylation is 1. The molecular weight excluding hydrogens is 278 g/mol. The first kappa shape index (κ1) is 16.1. The van der Waals surface area contributed by atoms with Crippen molar-refractivity contribution in [2.24, 2.45) is 0 Å². The second-order valence-corrected chi connectivity index (χ2v) is 6.07. The quantitative estimate of drug-likeness (QED) is 0.706. The van der Waals surface area contributed by atoms with Gasteiger partial charge in [0.1, 0.15) is 0 Å². The number of hydrogen-bond acceptors (Lipinski definition) is 1. The zero-order chi connectivity index (χ0) is 15.2. The van der Waals surface area contributed by atoms with Crippen LogP contribution in [0.1, 0.15) is 55.5 Å². The number of halogens is 1. The van der Waals surface area contributed by atoms with Crippen LogP contribution in [0.15, 0.2) is 48.5 Å². The zero-order valence-corrected chi connectivity index (χ0v) is 13.8. The maximum Gasteiger partial charge on any atom is 0.0406 e. The molecule has 0 saturated heterocycles. The van der Waals surface area contributed by atoms with Gasteiger partial charge >= 0.3 is 0 Å². The van der Waals surface area contributed by atoms with Crippen LogP contribution in [0.2, 0.25) is 5.02 Å². The lowest BCUT2D eigenvalue weighted by molar-refractivity contribution is 0.438. The van der Waals surface area contributed by atoms with Crippen LogP contribution in [0.5, 0.6) is 0 Å². The summed E-state index contributed by atoms with van der Waals surface area (Å²) in [4.78, 5) is 0. The minimum Gasteiger partial charge on any atom is -0.303 e. The number of rotatable bonds is 6. The average molecular weight is 302 g/mol. The first-order valence-electron chi connectivity index (χ1n) is 7.69.